The van der Waals surface area contributed by atoms with E-state index < -0.39 is 5.23 Å². The molecule has 2 aliphatic rings. The van der Waals surface area contributed by atoms with Crippen molar-refractivity contribution < 1.29 is 15.2 Å². The van der Waals surface area contributed by atoms with Crippen LogP contribution < -0.4 is 10.8 Å². The number of hydrogen-bond donors (Lipinski definition) is 2. The van der Waals surface area contributed by atoms with E-state index in [1.54, 1.807) is 36.5 Å². The van der Waals surface area contributed by atoms with Crippen LogP contribution in [0.25, 0.3) is 10.9 Å². The van der Waals surface area contributed by atoms with Gasteiger partial charge in [0.15, 0.2) is 5.69 Å². The lowest BCUT2D eigenvalue weighted by atomic mass is 9.83. The predicted octanol–water partition coefficient (Wildman–Crippen LogP) is 0.852. The molecule has 1 unspecified atom stereocenters. The van der Waals surface area contributed by atoms with Crippen LogP contribution in [-0.4, -0.2) is 38.2 Å². The standard InChI is InChI=1S/C21H22N4O4/c26-20-6-2-3-17-15-9-14(11-24(17)20)10-23(12-15)21(27)13-22-8-7-16-18(22)4-1-5-19(16)25(28)29/h1-8,14-15,25,28H,9-13H2/t14-,15+/m1/s1. The van der Waals surface area contributed by atoms with Crippen molar-refractivity contribution in [1.82, 2.24) is 14.0 Å². The van der Waals surface area contributed by atoms with Crippen LogP contribution in [0, 0.1) is 11.1 Å². The average Bonchev–Trinajstić information content (AvgIpc) is 3.11. The Labute approximate surface area is 166 Å². The second kappa shape index (κ2) is 6.84. The van der Waals surface area contributed by atoms with Gasteiger partial charge in [0.1, 0.15) is 6.54 Å². The largest absolute Gasteiger partial charge is 0.595 e. The summed E-state index contributed by atoms with van der Waals surface area (Å²) in [4.78, 5) is 27.1. The van der Waals surface area contributed by atoms with Crippen LogP contribution in [0.5, 0.6) is 0 Å². The first kappa shape index (κ1) is 18.1. The van der Waals surface area contributed by atoms with E-state index >= 15 is 0 Å². The summed E-state index contributed by atoms with van der Waals surface area (Å²) in [6.45, 7) is 2.09. The molecule has 2 aromatic heterocycles. The number of quaternary nitrogens is 1. The van der Waals surface area contributed by atoms with Gasteiger partial charge in [-0.2, -0.15) is 5.23 Å². The van der Waals surface area contributed by atoms with Crippen molar-refractivity contribution in [1.29, 1.82) is 0 Å². The van der Waals surface area contributed by atoms with Gasteiger partial charge in [-0.25, -0.2) is 5.21 Å². The van der Waals surface area contributed by atoms with E-state index in [1.165, 1.54) is 0 Å². The minimum Gasteiger partial charge on any atom is -0.595 e. The monoisotopic (exact) mass is 394 g/mol. The topological polar surface area (TPSA) is 95.0 Å². The third-order valence-corrected chi connectivity index (χ3v) is 6.18. The molecule has 0 spiro atoms. The summed E-state index contributed by atoms with van der Waals surface area (Å²) in [6.07, 6.45) is 2.77. The highest BCUT2D eigenvalue weighted by molar-refractivity contribution is 5.90. The number of rotatable bonds is 3. The van der Waals surface area contributed by atoms with E-state index in [-0.39, 0.29) is 35.5 Å². The van der Waals surface area contributed by atoms with Crippen molar-refractivity contribution >= 4 is 22.5 Å². The fourth-order valence-electron chi connectivity index (χ4n) is 4.89. The maximum Gasteiger partial charge on any atom is 0.250 e. The lowest BCUT2D eigenvalue weighted by molar-refractivity contribution is -0.990. The number of benzene rings is 1. The Bertz CT molecular complexity index is 1150. The number of fused-ring (bicyclic) bond motifs is 5. The molecule has 4 heterocycles. The molecule has 1 saturated heterocycles. The Morgan fingerprint density at radius 3 is 2.79 bits per heavy atom. The number of nitrogens with zero attached hydrogens (tertiary/aromatic N) is 3. The number of carbonyl (C=O) groups excluding carboxylic acids is 1. The van der Waals surface area contributed by atoms with Gasteiger partial charge in [-0.05, 0) is 30.5 Å². The van der Waals surface area contributed by atoms with Crippen molar-refractivity contribution in [2.45, 2.75) is 25.4 Å². The molecule has 29 heavy (non-hydrogen) atoms. The summed E-state index contributed by atoms with van der Waals surface area (Å²) in [6, 6.07) is 12.2. The molecule has 0 aliphatic carbocycles. The molecule has 1 fully saturated rings. The van der Waals surface area contributed by atoms with E-state index in [1.807, 2.05) is 26.2 Å². The smallest absolute Gasteiger partial charge is 0.250 e. The Morgan fingerprint density at radius 1 is 1.14 bits per heavy atom. The van der Waals surface area contributed by atoms with Crippen LogP contribution in [-0.2, 0) is 17.9 Å². The Kier molecular flexibility index (Phi) is 4.27. The number of hydrogen-bond acceptors (Lipinski definition) is 4. The summed E-state index contributed by atoms with van der Waals surface area (Å²) in [5.74, 6) is 0.482. The molecule has 3 aromatic rings. The van der Waals surface area contributed by atoms with E-state index in [9.17, 15) is 20.0 Å². The quantitative estimate of drug-likeness (QED) is 0.644. The highest BCUT2D eigenvalue weighted by atomic mass is 16.8. The highest BCUT2D eigenvalue weighted by Crippen LogP contribution is 2.35. The molecular weight excluding hydrogens is 372 g/mol. The number of nitrogens with one attached hydrogen (secondary N) is 1. The van der Waals surface area contributed by atoms with Gasteiger partial charge in [0.05, 0.1) is 10.9 Å². The third-order valence-electron chi connectivity index (χ3n) is 6.18. The molecule has 8 nitrogen and oxygen atoms in total. The number of amides is 1. The van der Waals surface area contributed by atoms with Crippen LogP contribution in [0.2, 0.25) is 0 Å². The normalized spacial score (nSPS) is 21.8. The number of carbonyl (C=O) groups is 1. The summed E-state index contributed by atoms with van der Waals surface area (Å²) in [5, 5.41) is 20.4. The van der Waals surface area contributed by atoms with Crippen LogP contribution in [0.15, 0.2) is 53.5 Å². The van der Waals surface area contributed by atoms with Crippen molar-refractivity contribution in [2.75, 3.05) is 13.1 Å². The first-order chi connectivity index (χ1) is 14.0. The summed E-state index contributed by atoms with van der Waals surface area (Å²) >= 11 is 0. The first-order valence-electron chi connectivity index (χ1n) is 9.80. The molecular formula is C21H22N4O4. The molecule has 0 radical (unpaired) electrons. The van der Waals surface area contributed by atoms with Crippen LogP contribution in [0.4, 0.5) is 5.69 Å². The van der Waals surface area contributed by atoms with E-state index in [0.29, 0.717) is 25.0 Å². The molecule has 2 N–H and O–H groups in total. The maximum atomic E-state index is 13.1. The zero-order valence-electron chi connectivity index (χ0n) is 15.8. The average molecular weight is 394 g/mol. The first-order valence-corrected chi connectivity index (χ1v) is 9.80. The molecule has 0 saturated carbocycles. The summed E-state index contributed by atoms with van der Waals surface area (Å²) < 4.78 is 3.67. The van der Waals surface area contributed by atoms with Crippen molar-refractivity contribution in [3.05, 3.63) is 69.9 Å². The predicted molar refractivity (Wildman–Crippen MR) is 106 cm³/mol. The van der Waals surface area contributed by atoms with Crippen molar-refractivity contribution in [2.24, 2.45) is 5.92 Å². The van der Waals surface area contributed by atoms with Gasteiger partial charge < -0.3 is 19.2 Å². The summed E-state index contributed by atoms with van der Waals surface area (Å²) in [7, 11) is 0. The molecule has 2 aliphatic heterocycles. The zero-order valence-corrected chi connectivity index (χ0v) is 15.8. The molecule has 150 valence electrons. The molecule has 5 rings (SSSR count). The van der Waals surface area contributed by atoms with Crippen LogP contribution in [0.3, 0.4) is 0 Å². The summed E-state index contributed by atoms with van der Waals surface area (Å²) in [5.41, 5.74) is 2.03. The SMILES string of the molecule is O=C(Cn1ccc2c([NH+]([O-])O)cccc21)N1C[C@H]2C[C@@H](C1)c1cccc(=O)n1C2. The van der Waals surface area contributed by atoms with E-state index in [4.69, 9.17) is 0 Å². The van der Waals surface area contributed by atoms with Gasteiger partial charge in [0, 0.05) is 49.6 Å². The third kappa shape index (κ3) is 3.05. The lowest BCUT2D eigenvalue weighted by Crippen LogP contribution is -2.99. The van der Waals surface area contributed by atoms with Gasteiger partial charge in [-0.15, -0.1) is 0 Å². The van der Waals surface area contributed by atoms with Crippen LogP contribution in [0.1, 0.15) is 18.0 Å². The zero-order chi connectivity index (χ0) is 20.1. The number of piperidine rings is 1. The second-order valence-corrected chi connectivity index (χ2v) is 7.98. The second-order valence-electron chi connectivity index (χ2n) is 7.98. The number of pyridine rings is 1. The minimum atomic E-state index is -0.975. The lowest BCUT2D eigenvalue weighted by Gasteiger charge is -2.42. The Morgan fingerprint density at radius 2 is 1.97 bits per heavy atom. The van der Waals surface area contributed by atoms with Crippen molar-refractivity contribution in [3.8, 4) is 0 Å². The van der Waals surface area contributed by atoms with Gasteiger partial charge in [0.25, 0.3) is 5.56 Å². The maximum absolute atomic E-state index is 13.1. The Hall–Kier alpha value is -2.94. The van der Waals surface area contributed by atoms with Gasteiger partial charge in [-0.1, -0.05) is 12.1 Å². The molecule has 1 aromatic carbocycles. The van der Waals surface area contributed by atoms with Gasteiger partial charge in [-0.3, -0.25) is 9.59 Å². The fraction of sp³-hybridized carbons (Fsp3) is 0.333. The molecule has 3 atom stereocenters. The van der Waals surface area contributed by atoms with Crippen LogP contribution >= 0.6 is 0 Å². The highest BCUT2D eigenvalue weighted by Gasteiger charge is 2.36. The van der Waals surface area contributed by atoms with E-state index in [2.05, 4.69) is 0 Å². The van der Waals surface area contributed by atoms with Gasteiger partial charge in [0.2, 0.25) is 5.91 Å². The van der Waals surface area contributed by atoms with Gasteiger partial charge >= 0.3 is 0 Å². The molecule has 2 bridgehead atoms. The fourth-order valence-corrected chi connectivity index (χ4v) is 4.89. The molecule has 8 heteroatoms. The Balaban J connectivity index is 1.38. The van der Waals surface area contributed by atoms with E-state index in [0.717, 1.165) is 17.6 Å². The minimum absolute atomic E-state index is 0.0182. The number of likely N-dealkylation sites (tertiary alicyclic amines) is 1. The molecule has 1 amide bonds. The van der Waals surface area contributed by atoms with Crippen molar-refractivity contribution in [3.63, 3.8) is 0 Å². The number of aromatic nitrogens is 2.